The number of nitro benzene ring substituents is 1. The number of hydrogen-bond acceptors (Lipinski definition) is 3. The van der Waals surface area contributed by atoms with Crippen molar-refractivity contribution in [3.63, 3.8) is 0 Å². The van der Waals surface area contributed by atoms with E-state index >= 15 is 0 Å². The van der Waals surface area contributed by atoms with Crippen molar-refractivity contribution >= 4 is 51.6 Å². The molecule has 0 saturated carbocycles. The highest BCUT2D eigenvalue weighted by Gasteiger charge is 2.10. The van der Waals surface area contributed by atoms with E-state index in [4.69, 9.17) is 11.6 Å². The summed E-state index contributed by atoms with van der Waals surface area (Å²) >= 11 is 9.75. The first-order chi connectivity index (χ1) is 8.56. The molecule has 0 bridgehead atoms. The zero-order valence-electron chi connectivity index (χ0n) is 8.97. The zero-order valence-corrected chi connectivity index (χ0v) is 12.7. The van der Waals surface area contributed by atoms with Gasteiger partial charge in [0, 0.05) is 25.5 Å². The van der Waals surface area contributed by atoms with Crippen LogP contribution < -0.4 is 0 Å². The fourth-order valence-electron chi connectivity index (χ4n) is 1.32. The number of non-ortho nitro benzene ring substituents is 1. The zero-order chi connectivity index (χ0) is 13.1. The molecule has 0 amide bonds. The van der Waals surface area contributed by atoms with Crippen LogP contribution in [0.2, 0.25) is 5.02 Å². The Kier molecular flexibility index (Phi) is 4.47. The monoisotopic (exact) mass is 391 g/mol. The molecule has 0 fully saturated rings. The largest absolute Gasteiger partial charge is 0.270 e. The van der Waals surface area contributed by atoms with Crippen molar-refractivity contribution in [2.75, 3.05) is 0 Å². The molecule has 18 heavy (non-hydrogen) atoms. The standard InChI is InChI=1S/C12H7ClINO2S/c13-11-7-9(15(16)17)3-6-12(11)18-10-4-1-8(14)2-5-10/h1-7H. The van der Waals surface area contributed by atoms with Crippen molar-refractivity contribution < 1.29 is 4.92 Å². The second-order valence-electron chi connectivity index (χ2n) is 3.43. The molecule has 0 radical (unpaired) electrons. The molecule has 2 aromatic carbocycles. The number of benzene rings is 2. The van der Waals surface area contributed by atoms with Gasteiger partial charge in [0.1, 0.15) is 0 Å². The van der Waals surface area contributed by atoms with Crippen LogP contribution in [0.5, 0.6) is 0 Å². The van der Waals surface area contributed by atoms with Crippen LogP contribution in [0, 0.1) is 13.7 Å². The third-order valence-corrected chi connectivity index (χ3v) is 4.40. The van der Waals surface area contributed by atoms with Gasteiger partial charge in [-0.2, -0.15) is 0 Å². The molecule has 2 rings (SSSR count). The topological polar surface area (TPSA) is 43.1 Å². The van der Waals surface area contributed by atoms with Crippen LogP contribution >= 0.6 is 46.0 Å². The van der Waals surface area contributed by atoms with Gasteiger partial charge in [-0.1, -0.05) is 23.4 Å². The Balaban J connectivity index is 2.24. The van der Waals surface area contributed by atoms with Crippen molar-refractivity contribution in [1.29, 1.82) is 0 Å². The summed E-state index contributed by atoms with van der Waals surface area (Å²) < 4.78 is 1.16. The molecule has 0 unspecified atom stereocenters. The quantitative estimate of drug-likeness (QED) is 0.420. The molecule has 92 valence electrons. The minimum Gasteiger partial charge on any atom is -0.258 e. The number of halogens is 2. The normalized spacial score (nSPS) is 10.3. The molecule has 0 heterocycles. The first-order valence-corrected chi connectivity index (χ1v) is 7.21. The Morgan fingerprint density at radius 1 is 1.17 bits per heavy atom. The second-order valence-corrected chi connectivity index (χ2v) is 6.20. The number of nitrogens with zero attached hydrogens (tertiary/aromatic N) is 1. The van der Waals surface area contributed by atoms with Crippen LogP contribution in [0.4, 0.5) is 5.69 Å². The van der Waals surface area contributed by atoms with Crippen LogP contribution in [-0.2, 0) is 0 Å². The highest BCUT2D eigenvalue weighted by atomic mass is 127. The molecule has 0 aliphatic rings. The van der Waals surface area contributed by atoms with Gasteiger partial charge in [0.25, 0.3) is 5.69 Å². The molecular formula is C12H7ClINO2S. The minimum atomic E-state index is -0.453. The smallest absolute Gasteiger partial charge is 0.258 e. The molecule has 0 aliphatic carbocycles. The second kappa shape index (κ2) is 5.90. The van der Waals surface area contributed by atoms with Gasteiger partial charge in [-0.15, -0.1) is 0 Å². The fourth-order valence-corrected chi connectivity index (χ4v) is 2.78. The van der Waals surface area contributed by atoms with Crippen molar-refractivity contribution in [2.45, 2.75) is 9.79 Å². The lowest BCUT2D eigenvalue weighted by molar-refractivity contribution is -0.384. The van der Waals surface area contributed by atoms with E-state index in [1.54, 1.807) is 6.07 Å². The van der Waals surface area contributed by atoms with Crippen LogP contribution in [0.25, 0.3) is 0 Å². The number of hydrogen-bond donors (Lipinski definition) is 0. The minimum absolute atomic E-state index is 0.00644. The third-order valence-electron chi connectivity index (χ3n) is 2.17. The van der Waals surface area contributed by atoms with E-state index in [2.05, 4.69) is 22.6 Å². The third kappa shape index (κ3) is 3.37. The van der Waals surface area contributed by atoms with Gasteiger partial charge in [0.2, 0.25) is 0 Å². The average molecular weight is 392 g/mol. The fraction of sp³-hybridized carbons (Fsp3) is 0. The average Bonchev–Trinajstić information content (AvgIpc) is 2.34. The Bertz CT molecular complexity index is 589. The van der Waals surface area contributed by atoms with E-state index < -0.39 is 4.92 Å². The van der Waals surface area contributed by atoms with Crippen molar-refractivity contribution in [3.05, 3.63) is 61.2 Å². The predicted octanol–water partition coefficient (Wildman–Crippen LogP) is 5.00. The molecule has 0 spiro atoms. The molecule has 2 aromatic rings. The maximum Gasteiger partial charge on any atom is 0.270 e. The van der Waals surface area contributed by atoms with E-state index in [0.29, 0.717) is 5.02 Å². The lowest BCUT2D eigenvalue weighted by atomic mass is 10.3. The van der Waals surface area contributed by atoms with Gasteiger partial charge in [0.15, 0.2) is 0 Å². The summed E-state index contributed by atoms with van der Waals surface area (Å²) in [7, 11) is 0. The van der Waals surface area contributed by atoms with Gasteiger partial charge in [-0.05, 0) is 52.9 Å². The summed E-state index contributed by atoms with van der Waals surface area (Å²) in [6.07, 6.45) is 0. The lowest BCUT2D eigenvalue weighted by Crippen LogP contribution is -1.87. The van der Waals surface area contributed by atoms with E-state index in [9.17, 15) is 10.1 Å². The van der Waals surface area contributed by atoms with Crippen LogP contribution in [0.1, 0.15) is 0 Å². The van der Waals surface area contributed by atoms with Gasteiger partial charge in [-0.3, -0.25) is 10.1 Å². The number of rotatable bonds is 3. The Morgan fingerprint density at radius 2 is 1.83 bits per heavy atom. The van der Waals surface area contributed by atoms with Gasteiger partial charge < -0.3 is 0 Å². The molecule has 0 saturated heterocycles. The maximum absolute atomic E-state index is 10.6. The molecule has 6 heteroatoms. The van der Waals surface area contributed by atoms with Crippen LogP contribution in [0.15, 0.2) is 52.3 Å². The van der Waals surface area contributed by atoms with E-state index in [1.165, 1.54) is 23.9 Å². The van der Waals surface area contributed by atoms with Gasteiger partial charge in [0.05, 0.1) is 9.95 Å². The molecule has 3 nitrogen and oxygen atoms in total. The van der Waals surface area contributed by atoms with Crippen molar-refractivity contribution in [3.8, 4) is 0 Å². The van der Waals surface area contributed by atoms with Gasteiger partial charge >= 0.3 is 0 Å². The van der Waals surface area contributed by atoms with Crippen LogP contribution in [0.3, 0.4) is 0 Å². The van der Waals surface area contributed by atoms with E-state index in [0.717, 1.165) is 13.4 Å². The van der Waals surface area contributed by atoms with Crippen molar-refractivity contribution in [2.24, 2.45) is 0 Å². The maximum atomic E-state index is 10.6. The summed E-state index contributed by atoms with van der Waals surface area (Å²) in [6.45, 7) is 0. The summed E-state index contributed by atoms with van der Waals surface area (Å²) in [5.74, 6) is 0. The SMILES string of the molecule is O=[N+]([O-])c1ccc(Sc2ccc(I)cc2)c(Cl)c1. The summed E-state index contributed by atoms with van der Waals surface area (Å²) in [5.41, 5.74) is 0.00644. The Hall–Kier alpha value is -0.790. The first-order valence-electron chi connectivity index (χ1n) is 4.93. The van der Waals surface area contributed by atoms with E-state index in [-0.39, 0.29) is 5.69 Å². The van der Waals surface area contributed by atoms with E-state index in [1.807, 2.05) is 24.3 Å². The highest BCUT2D eigenvalue weighted by Crippen LogP contribution is 2.35. The molecule has 0 atom stereocenters. The van der Waals surface area contributed by atoms with Crippen LogP contribution in [-0.4, -0.2) is 4.92 Å². The summed E-state index contributed by atoms with van der Waals surface area (Å²) in [6, 6.07) is 12.5. The summed E-state index contributed by atoms with van der Waals surface area (Å²) in [5, 5.41) is 11.0. The molecule has 0 N–H and O–H groups in total. The van der Waals surface area contributed by atoms with Gasteiger partial charge in [-0.25, -0.2) is 0 Å². The highest BCUT2D eigenvalue weighted by molar-refractivity contribution is 14.1. The summed E-state index contributed by atoms with van der Waals surface area (Å²) in [4.78, 5) is 12.0. The van der Waals surface area contributed by atoms with Crippen molar-refractivity contribution in [1.82, 2.24) is 0 Å². The molecule has 0 aromatic heterocycles. The molecule has 0 aliphatic heterocycles. The Labute approximate surface area is 127 Å². The number of nitro groups is 1. The predicted molar refractivity (Wildman–Crippen MR) is 81.4 cm³/mol. The Morgan fingerprint density at radius 3 is 2.39 bits per heavy atom. The first kappa shape index (κ1) is 13.6. The molecular weight excluding hydrogens is 385 g/mol. The lowest BCUT2D eigenvalue weighted by Gasteiger charge is -2.04.